The first kappa shape index (κ1) is 17.1. The summed E-state index contributed by atoms with van der Waals surface area (Å²) in [4.78, 5) is 11.8. The van der Waals surface area contributed by atoms with Gasteiger partial charge >= 0.3 is 0 Å². The first-order chi connectivity index (χ1) is 9.55. The molecule has 1 N–H and O–H groups in total. The van der Waals surface area contributed by atoms with Crippen molar-refractivity contribution >= 4 is 29.1 Å². The van der Waals surface area contributed by atoms with E-state index in [2.05, 4.69) is 19.2 Å². The molecule has 0 aliphatic carbocycles. The first-order valence-corrected chi connectivity index (χ1v) is 7.67. The van der Waals surface area contributed by atoms with Crippen molar-refractivity contribution < 1.29 is 9.53 Å². The van der Waals surface area contributed by atoms with E-state index in [-0.39, 0.29) is 17.9 Å². The molecule has 0 spiro atoms. The molecule has 0 saturated carbocycles. The Kier molecular flexibility index (Phi) is 7.17. The monoisotopic (exact) mass is 317 g/mol. The molecular weight excluding hydrogens is 297 g/mol. The van der Waals surface area contributed by atoms with E-state index >= 15 is 0 Å². The van der Waals surface area contributed by atoms with Gasteiger partial charge in [-0.1, -0.05) is 25.4 Å². The molecule has 0 bridgehead atoms. The smallest absolute Gasteiger partial charge is 0.257 e. The zero-order valence-corrected chi connectivity index (χ0v) is 13.4. The summed E-state index contributed by atoms with van der Waals surface area (Å²) < 4.78 is 5.39. The molecule has 0 unspecified atom stereocenters. The van der Waals surface area contributed by atoms with Crippen molar-refractivity contribution in [2.24, 2.45) is 5.41 Å². The Bertz CT molecular complexity index is 408. The van der Waals surface area contributed by atoms with Gasteiger partial charge in [-0.3, -0.25) is 4.79 Å². The van der Waals surface area contributed by atoms with Crippen LogP contribution in [-0.2, 0) is 4.79 Å². The molecule has 0 aromatic heterocycles. The van der Waals surface area contributed by atoms with Gasteiger partial charge in [0.1, 0.15) is 5.75 Å². The fraction of sp³-hybridized carbons (Fsp3) is 0.533. The second-order valence-electron chi connectivity index (χ2n) is 4.86. The number of carbonyl (C=O) groups excluding carboxylic acids is 1. The van der Waals surface area contributed by atoms with Crippen molar-refractivity contribution in [3.05, 3.63) is 29.3 Å². The van der Waals surface area contributed by atoms with Gasteiger partial charge in [-0.2, -0.15) is 0 Å². The van der Waals surface area contributed by atoms with Crippen molar-refractivity contribution in [1.29, 1.82) is 0 Å². The van der Waals surface area contributed by atoms with Gasteiger partial charge in [-0.25, -0.2) is 0 Å². The highest BCUT2D eigenvalue weighted by molar-refractivity contribution is 6.30. The van der Waals surface area contributed by atoms with Crippen LogP contribution in [0.25, 0.3) is 0 Å². The molecule has 1 aromatic rings. The van der Waals surface area contributed by atoms with E-state index < -0.39 is 0 Å². The lowest BCUT2D eigenvalue weighted by molar-refractivity contribution is -0.123. The van der Waals surface area contributed by atoms with Gasteiger partial charge in [0.05, 0.1) is 0 Å². The number of rotatable bonds is 8. The van der Waals surface area contributed by atoms with Gasteiger partial charge in [-0.15, -0.1) is 11.6 Å². The second kappa shape index (κ2) is 8.38. The van der Waals surface area contributed by atoms with Crippen LogP contribution in [0.15, 0.2) is 24.3 Å². The lowest BCUT2D eigenvalue weighted by Crippen LogP contribution is -2.40. The number of hydrogen-bond acceptors (Lipinski definition) is 2. The van der Waals surface area contributed by atoms with Gasteiger partial charge < -0.3 is 10.1 Å². The van der Waals surface area contributed by atoms with E-state index in [0.717, 1.165) is 12.8 Å². The molecule has 112 valence electrons. The summed E-state index contributed by atoms with van der Waals surface area (Å²) in [7, 11) is 0. The Labute approximate surface area is 130 Å². The van der Waals surface area contributed by atoms with Gasteiger partial charge in [0.2, 0.25) is 0 Å². The molecule has 0 saturated heterocycles. The van der Waals surface area contributed by atoms with E-state index in [0.29, 0.717) is 23.2 Å². The highest BCUT2D eigenvalue weighted by Gasteiger charge is 2.25. The molecule has 0 aliphatic rings. The molecule has 0 aliphatic heterocycles. The Morgan fingerprint density at radius 1 is 1.25 bits per heavy atom. The molecule has 1 aromatic carbocycles. The molecule has 1 rings (SSSR count). The van der Waals surface area contributed by atoms with Crippen molar-refractivity contribution in [3.8, 4) is 5.75 Å². The largest absolute Gasteiger partial charge is 0.484 e. The summed E-state index contributed by atoms with van der Waals surface area (Å²) in [6, 6.07) is 6.91. The minimum atomic E-state index is -0.142. The normalized spacial score (nSPS) is 11.2. The van der Waals surface area contributed by atoms with Gasteiger partial charge in [0.25, 0.3) is 5.91 Å². The number of hydrogen-bond donors (Lipinski definition) is 1. The van der Waals surface area contributed by atoms with Gasteiger partial charge in [0, 0.05) is 22.9 Å². The highest BCUT2D eigenvalue weighted by atomic mass is 35.5. The number of ether oxygens (including phenoxy) is 1. The van der Waals surface area contributed by atoms with E-state index in [9.17, 15) is 4.79 Å². The Hall–Kier alpha value is -0.930. The fourth-order valence-electron chi connectivity index (χ4n) is 1.75. The fourth-order valence-corrected chi connectivity index (χ4v) is 2.35. The predicted octanol–water partition coefficient (Wildman–Crippen LogP) is 3.88. The van der Waals surface area contributed by atoms with Crippen LogP contribution in [-0.4, -0.2) is 24.9 Å². The Balaban J connectivity index is 2.38. The maximum Gasteiger partial charge on any atom is 0.257 e. The third-order valence-electron chi connectivity index (χ3n) is 3.63. The number of amides is 1. The summed E-state index contributed by atoms with van der Waals surface area (Å²) in [6.07, 6.45) is 1.87. The van der Waals surface area contributed by atoms with Crippen molar-refractivity contribution in [1.82, 2.24) is 5.32 Å². The average Bonchev–Trinajstić information content (AvgIpc) is 2.48. The van der Waals surface area contributed by atoms with Crippen LogP contribution in [0, 0.1) is 5.41 Å². The SMILES string of the molecule is CCC(CC)(CCl)CNC(=O)COc1ccc(Cl)cc1. The lowest BCUT2D eigenvalue weighted by atomic mass is 9.84. The predicted molar refractivity (Wildman–Crippen MR) is 83.7 cm³/mol. The van der Waals surface area contributed by atoms with Gasteiger partial charge in [-0.05, 0) is 37.1 Å². The number of nitrogens with one attached hydrogen (secondary N) is 1. The van der Waals surface area contributed by atoms with Crippen LogP contribution < -0.4 is 10.1 Å². The second-order valence-corrected chi connectivity index (χ2v) is 5.56. The van der Waals surface area contributed by atoms with Crippen LogP contribution in [0.5, 0.6) is 5.75 Å². The van der Waals surface area contributed by atoms with E-state index in [4.69, 9.17) is 27.9 Å². The van der Waals surface area contributed by atoms with Crippen LogP contribution in [0.2, 0.25) is 5.02 Å². The number of halogens is 2. The zero-order chi connectivity index (χ0) is 15.0. The number of alkyl halides is 1. The average molecular weight is 318 g/mol. The van der Waals surface area contributed by atoms with E-state index in [1.807, 2.05) is 0 Å². The minimum Gasteiger partial charge on any atom is -0.484 e. The van der Waals surface area contributed by atoms with Crippen molar-refractivity contribution in [2.75, 3.05) is 19.0 Å². The van der Waals surface area contributed by atoms with Gasteiger partial charge in [0.15, 0.2) is 6.61 Å². The molecule has 3 nitrogen and oxygen atoms in total. The topological polar surface area (TPSA) is 38.3 Å². The van der Waals surface area contributed by atoms with E-state index in [1.54, 1.807) is 24.3 Å². The lowest BCUT2D eigenvalue weighted by Gasteiger charge is -2.29. The maximum atomic E-state index is 11.8. The standard InChI is InChI=1S/C15H21Cl2NO2/c1-3-15(4-2,10-16)11-18-14(19)9-20-13-7-5-12(17)6-8-13/h5-8H,3-4,9-11H2,1-2H3,(H,18,19). The van der Waals surface area contributed by atoms with Crippen LogP contribution in [0.4, 0.5) is 0 Å². The Morgan fingerprint density at radius 3 is 2.35 bits per heavy atom. The highest BCUT2D eigenvalue weighted by Crippen LogP contribution is 2.26. The molecule has 0 atom stereocenters. The molecule has 20 heavy (non-hydrogen) atoms. The summed E-state index contributed by atoms with van der Waals surface area (Å²) >= 11 is 11.8. The minimum absolute atomic E-state index is 0.00652. The number of benzene rings is 1. The molecule has 0 fully saturated rings. The zero-order valence-electron chi connectivity index (χ0n) is 11.9. The molecule has 0 heterocycles. The first-order valence-electron chi connectivity index (χ1n) is 6.76. The van der Waals surface area contributed by atoms with E-state index in [1.165, 1.54) is 0 Å². The Morgan fingerprint density at radius 2 is 1.85 bits per heavy atom. The summed E-state index contributed by atoms with van der Waals surface area (Å²) in [5.74, 6) is 1.02. The quantitative estimate of drug-likeness (QED) is 0.739. The number of carbonyl (C=O) groups is 1. The summed E-state index contributed by atoms with van der Waals surface area (Å²) in [5.41, 5.74) is -0.0303. The summed E-state index contributed by atoms with van der Waals surface area (Å²) in [5, 5.41) is 3.52. The van der Waals surface area contributed by atoms with Crippen LogP contribution in [0.1, 0.15) is 26.7 Å². The van der Waals surface area contributed by atoms with Crippen LogP contribution in [0.3, 0.4) is 0 Å². The third-order valence-corrected chi connectivity index (χ3v) is 4.45. The molecule has 0 radical (unpaired) electrons. The van der Waals surface area contributed by atoms with Crippen molar-refractivity contribution in [2.45, 2.75) is 26.7 Å². The van der Waals surface area contributed by atoms with Crippen molar-refractivity contribution in [3.63, 3.8) is 0 Å². The molecular formula is C15H21Cl2NO2. The summed E-state index contributed by atoms with van der Waals surface area (Å²) in [6.45, 7) is 4.74. The third kappa shape index (κ3) is 5.22. The van der Waals surface area contributed by atoms with Crippen LogP contribution >= 0.6 is 23.2 Å². The molecule has 5 heteroatoms. The molecule has 1 amide bonds. The maximum absolute atomic E-state index is 11.8.